The molecule has 200 valence electrons. The molecule has 1 heterocycles. The van der Waals surface area contributed by atoms with Crippen LogP contribution in [0.1, 0.15) is 41.5 Å². The number of rotatable bonds is 11. The molecule has 1 atom stereocenters. The molecule has 1 aliphatic heterocycles. The summed E-state index contributed by atoms with van der Waals surface area (Å²) in [5, 5.41) is 0. The van der Waals surface area contributed by atoms with Gasteiger partial charge >= 0.3 is 0 Å². The Morgan fingerprint density at radius 3 is 2.37 bits per heavy atom. The van der Waals surface area contributed by atoms with Gasteiger partial charge in [-0.05, 0) is 59.7 Å². The summed E-state index contributed by atoms with van der Waals surface area (Å²) < 4.78 is 23.4. The summed E-state index contributed by atoms with van der Waals surface area (Å²) in [6, 6.07) is 22.4. The van der Waals surface area contributed by atoms with E-state index in [0.29, 0.717) is 31.7 Å². The summed E-state index contributed by atoms with van der Waals surface area (Å²) in [5.74, 6) is 2.35. The van der Waals surface area contributed by atoms with Gasteiger partial charge < -0.3 is 23.8 Å². The maximum Gasteiger partial charge on any atom is 0.223 e. The lowest BCUT2D eigenvalue weighted by atomic mass is 10.1. The number of aryl methyl sites for hydroxylation is 1. The Kier molecular flexibility index (Phi) is 8.49. The molecule has 1 amide bonds. The van der Waals surface area contributed by atoms with E-state index in [4.69, 9.17) is 18.9 Å². The fourth-order valence-electron chi connectivity index (χ4n) is 5.51. The standard InChI is InChI=1S/C32H37NO5/c1-35-29-12-6-5-8-24(29)14-16-32(34)33(22-27-11-7-17-37-27)21-23-13-15-30(31(18-23)36-2)38-28-19-25-9-3-4-10-26(25)20-28/h3-6,8-10,12-13,15,18,27-28H,7,11,14,16-17,19-22H2,1-2H3. The van der Waals surface area contributed by atoms with Crippen molar-refractivity contribution >= 4 is 5.91 Å². The fourth-order valence-corrected chi connectivity index (χ4v) is 5.51. The molecule has 0 radical (unpaired) electrons. The topological polar surface area (TPSA) is 57.2 Å². The maximum absolute atomic E-state index is 13.4. The van der Waals surface area contributed by atoms with E-state index in [1.807, 2.05) is 47.4 Å². The molecular formula is C32H37NO5. The number of benzene rings is 3. The number of carbonyl (C=O) groups is 1. The van der Waals surface area contributed by atoms with Crippen molar-refractivity contribution in [2.45, 2.75) is 57.3 Å². The molecule has 0 spiro atoms. The predicted molar refractivity (Wildman–Crippen MR) is 147 cm³/mol. The first-order chi connectivity index (χ1) is 18.6. The highest BCUT2D eigenvalue weighted by atomic mass is 16.5. The molecule has 0 aromatic heterocycles. The highest BCUT2D eigenvalue weighted by Crippen LogP contribution is 2.33. The Morgan fingerprint density at radius 1 is 0.921 bits per heavy atom. The lowest BCUT2D eigenvalue weighted by molar-refractivity contribution is -0.133. The molecule has 5 rings (SSSR count). The molecule has 2 aliphatic rings. The number of methoxy groups -OCH3 is 2. The minimum absolute atomic E-state index is 0.0821. The van der Waals surface area contributed by atoms with Crippen LogP contribution in [0.25, 0.3) is 0 Å². The van der Waals surface area contributed by atoms with Gasteiger partial charge in [-0.3, -0.25) is 4.79 Å². The van der Waals surface area contributed by atoms with Gasteiger partial charge in [-0.2, -0.15) is 0 Å². The van der Waals surface area contributed by atoms with E-state index in [9.17, 15) is 4.79 Å². The number of carbonyl (C=O) groups excluding carboxylic acids is 1. The lowest BCUT2D eigenvalue weighted by Gasteiger charge is -2.26. The summed E-state index contributed by atoms with van der Waals surface area (Å²) in [6.07, 6.45) is 5.04. The lowest BCUT2D eigenvalue weighted by Crippen LogP contribution is -2.37. The molecule has 38 heavy (non-hydrogen) atoms. The summed E-state index contributed by atoms with van der Waals surface area (Å²) in [4.78, 5) is 15.4. The van der Waals surface area contributed by atoms with Crippen LogP contribution in [0, 0.1) is 0 Å². The van der Waals surface area contributed by atoms with Gasteiger partial charge in [0.05, 0.1) is 20.3 Å². The first-order valence-electron chi connectivity index (χ1n) is 13.5. The van der Waals surface area contributed by atoms with Crippen molar-refractivity contribution < 1.29 is 23.7 Å². The molecule has 1 aliphatic carbocycles. The van der Waals surface area contributed by atoms with Gasteiger partial charge in [0.2, 0.25) is 5.91 Å². The quantitative estimate of drug-likeness (QED) is 0.343. The molecule has 3 aromatic carbocycles. The number of para-hydroxylation sites is 1. The Hall–Kier alpha value is -3.51. The summed E-state index contributed by atoms with van der Waals surface area (Å²) >= 11 is 0. The van der Waals surface area contributed by atoms with Crippen molar-refractivity contribution in [2.75, 3.05) is 27.4 Å². The third-order valence-corrected chi connectivity index (χ3v) is 7.51. The number of fused-ring (bicyclic) bond motifs is 1. The van der Waals surface area contributed by atoms with Crippen molar-refractivity contribution in [2.24, 2.45) is 0 Å². The van der Waals surface area contributed by atoms with Gasteiger partial charge in [0, 0.05) is 39.0 Å². The highest BCUT2D eigenvalue weighted by Gasteiger charge is 2.25. The largest absolute Gasteiger partial charge is 0.496 e. The zero-order chi connectivity index (χ0) is 26.3. The van der Waals surface area contributed by atoms with E-state index >= 15 is 0 Å². The minimum atomic E-state index is 0.0821. The molecule has 1 unspecified atom stereocenters. The van der Waals surface area contributed by atoms with Crippen LogP contribution in [0.4, 0.5) is 0 Å². The van der Waals surface area contributed by atoms with Crippen molar-refractivity contribution in [3.8, 4) is 17.2 Å². The second kappa shape index (κ2) is 12.4. The molecule has 6 nitrogen and oxygen atoms in total. The van der Waals surface area contributed by atoms with Crippen LogP contribution >= 0.6 is 0 Å². The van der Waals surface area contributed by atoms with Gasteiger partial charge in [-0.15, -0.1) is 0 Å². The third-order valence-electron chi connectivity index (χ3n) is 7.51. The van der Waals surface area contributed by atoms with E-state index in [-0.39, 0.29) is 18.1 Å². The Balaban J connectivity index is 1.26. The van der Waals surface area contributed by atoms with Crippen molar-refractivity contribution in [3.63, 3.8) is 0 Å². The van der Waals surface area contributed by atoms with E-state index < -0.39 is 0 Å². The molecule has 1 saturated heterocycles. The van der Waals surface area contributed by atoms with Gasteiger partial charge in [-0.25, -0.2) is 0 Å². The number of ether oxygens (including phenoxy) is 4. The summed E-state index contributed by atoms with van der Waals surface area (Å²) in [6.45, 7) is 1.85. The van der Waals surface area contributed by atoms with Crippen LogP contribution in [0.5, 0.6) is 17.2 Å². The average Bonchev–Trinajstić information content (AvgIpc) is 3.61. The van der Waals surface area contributed by atoms with Crippen LogP contribution in [0.15, 0.2) is 66.7 Å². The van der Waals surface area contributed by atoms with E-state index in [0.717, 1.165) is 54.9 Å². The van der Waals surface area contributed by atoms with Crippen LogP contribution in [-0.2, 0) is 35.3 Å². The zero-order valence-electron chi connectivity index (χ0n) is 22.4. The smallest absolute Gasteiger partial charge is 0.223 e. The monoisotopic (exact) mass is 515 g/mol. The molecule has 0 bridgehead atoms. The van der Waals surface area contributed by atoms with Crippen molar-refractivity contribution in [1.29, 1.82) is 0 Å². The number of amides is 1. The van der Waals surface area contributed by atoms with Gasteiger partial charge in [-0.1, -0.05) is 48.5 Å². The van der Waals surface area contributed by atoms with E-state index in [1.165, 1.54) is 11.1 Å². The first kappa shape index (κ1) is 26.1. The number of hydrogen-bond donors (Lipinski definition) is 0. The number of hydrogen-bond acceptors (Lipinski definition) is 5. The van der Waals surface area contributed by atoms with E-state index in [1.54, 1.807) is 14.2 Å². The zero-order valence-corrected chi connectivity index (χ0v) is 22.4. The van der Waals surface area contributed by atoms with Crippen LogP contribution < -0.4 is 14.2 Å². The molecular weight excluding hydrogens is 478 g/mol. The van der Waals surface area contributed by atoms with Crippen LogP contribution in [0.2, 0.25) is 0 Å². The molecule has 0 saturated carbocycles. The average molecular weight is 516 g/mol. The summed E-state index contributed by atoms with van der Waals surface area (Å²) in [7, 11) is 3.33. The summed E-state index contributed by atoms with van der Waals surface area (Å²) in [5.41, 5.74) is 4.75. The van der Waals surface area contributed by atoms with Gasteiger partial charge in [0.1, 0.15) is 11.9 Å². The van der Waals surface area contributed by atoms with Crippen molar-refractivity contribution in [3.05, 3.63) is 89.0 Å². The molecule has 0 N–H and O–H groups in total. The fraction of sp³-hybridized carbons (Fsp3) is 0.406. The van der Waals surface area contributed by atoms with Crippen LogP contribution in [0.3, 0.4) is 0 Å². The molecule has 6 heteroatoms. The highest BCUT2D eigenvalue weighted by molar-refractivity contribution is 5.76. The Bertz CT molecular complexity index is 1210. The second-order valence-corrected chi connectivity index (χ2v) is 10.1. The predicted octanol–water partition coefficient (Wildman–Crippen LogP) is 5.39. The van der Waals surface area contributed by atoms with Crippen LogP contribution in [-0.4, -0.2) is 50.4 Å². The second-order valence-electron chi connectivity index (χ2n) is 10.1. The SMILES string of the molecule is COc1ccccc1CCC(=O)N(Cc1ccc(OC2Cc3ccccc3C2)c(OC)c1)CC1CCCO1. The normalized spacial score (nSPS) is 16.7. The molecule has 3 aromatic rings. The maximum atomic E-state index is 13.4. The minimum Gasteiger partial charge on any atom is -0.496 e. The van der Waals surface area contributed by atoms with Gasteiger partial charge in [0.15, 0.2) is 11.5 Å². The van der Waals surface area contributed by atoms with Crippen molar-refractivity contribution in [1.82, 2.24) is 4.90 Å². The Labute approximate surface area is 225 Å². The van der Waals surface area contributed by atoms with Gasteiger partial charge in [0.25, 0.3) is 0 Å². The first-order valence-corrected chi connectivity index (χ1v) is 13.5. The van der Waals surface area contributed by atoms with E-state index in [2.05, 4.69) is 24.3 Å². The molecule has 1 fully saturated rings. The number of nitrogens with zero attached hydrogens (tertiary/aromatic N) is 1. The third kappa shape index (κ3) is 6.30. The Morgan fingerprint density at radius 2 is 1.66 bits per heavy atom.